The van der Waals surface area contributed by atoms with E-state index in [0.717, 1.165) is 23.4 Å². The van der Waals surface area contributed by atoms with Gasteiger partial charge in [0.1, 0.15) is 0 Å². The van der Waals surface area contributed by atoms with Crippen LogP contribution < -0.4 is 5.32 Å². The van der Waals surface area contributed by atoms with Crippen molar-refractivity contribution in [3.63, 3.8) is 0 Å². The number of aryl methyl sites for hydroxylation is 1. The van der Waals surface area contributed by atoms with E-state index in [4.69, 9.17) is 11.6 Å². The molecule has 0 saturated heterocycles. The van der Waals surface area contributed by atoms with Gasteiger partial charge in [-0.05, 0) is 25.0 Å². The third-order valence-corrected chi connectivity index (χ3v) is 3.28. The van der Waals surface area contributed by atoms with E-state index >= 15 is 0 Å². The Hall–Kier alpha value is -1.28. The number of nitrogens with one attached hydrogen (secondary N) is 1. The van der Waals surface area contributed by atoms with Gasteiger partial charge in [-0.15, -0.1) is 11.6 Å². The van der Waals surface area contributed by atoms with Crippen LogP contribution in [-0.2, 0) is 0 Å². The van der Waals surface area contributed by atoms with Crippen molar-refractivity contribution in [2.75, 3.05) is 17.7 Å². The molecule has 17 heavy (non-hydrogen) atoms. The van der Waals surface area contributed by atoms with Crippen molar-refractivity contribution in [3.8, 4) is 0 Å². The van der Waals surface area contributed by atoms with Crippen LogP contribution in [0, 0.1) is 12.8 Å². The Morgan fingerprint density at radius 2 is 2.12 bits per heavy atom. The molecule has 1 aromatic heterocycles. The molecule has 0 aliphatic heterocycles. The Bertz CT molecular complexity index is 511. The molecule has 0 amide bonds. The molecule has 1 heterocycles. The van der Waals surface area contributed by atoms with Crippen LogP contribution in [0.1, 0.15) is 12.6 Å². The van der Waals surface area contributed by atoms with Crippen LogP contribution in [0.3, 0.4) is 0 Å². The monoisotopic (exact) mass is 248 g/mol. The van der Waals surface area contributed by atoms with Gasteiger partial charge in [-0.3, -0.25) is 4.98 Å². The highest BCUT2D eigenvalue weighted by atomic mass is 35.5. The van der Waals surface area contributed by atoms with Gasteiger partial charge in [0, 0.05) is 29.2 Å². The van der Waals surface area contributed by atoms with E-state index in [2.05, 4.69) is 29.4 Å². The molecule has 1 aromatic carbocycles. The Morgan fingerprint density at radius 1 is 1.35 bits per heavy atom. The first-order valence-corrected chi connectivity index (χ1v) is 6.40. The average molecular weight is 249 g/mol. The zero-order valence-corrected chi connectivity index (χ0v) is 11.0. The van der Waals surface area contributed by atoms with Gasteiger partial charge in [-0.25, -0.2) is 0 Å². The smallest absolute Gasteiger partial charge is 0.0725 e. The summed E-state index contributed by atoms with van der Waals surface area (Å²) in [7, 11) is 0. The predicted octanol–water partition coefficient (Wildman–Crippen LogP) is 3.83. The molecule has 0 saturated carbocycles. The van der Waals surface area contributed by atoms with Crippen LogP contribution in [0.5, 0.6) is 0 Å². The second kappa shape index (κ2) is 5.37. The molecule has 90 valence electrons. The SMILES string of the molecule is Cc1cc(NCC(C)CCl)c2ccccc2n1. The molecule has 0 aliphatic carbocycles. The van der Waals surface area contributed by atoms with Crippen molar-refractivity contribution in [1.29, 1.82) is 0 Å². The van der Waals surface area contributed by atoms with Crippen molar-refractivity contribution in [3.05, 3.63) is 36.0 Å². The number of rotatable bonds is 4. The zero-order chi connectivity index (χ0) is 12.3. The van der Waals surface area contributed by atoms with Gasteiger partial charge in [0.2, 0.25) is 0 Å². The molecule has 0 spiro atoms. The first kappa shape index (κ1) is 12.2. The largest absolute Gasteiger partial charge is 0.384 e. The Labute approximate surface area is 107 Å². The van der Waals surface area contributed by atoms with Crippen LogP contribution in [-0.4, -0.2) is 17.4 Å². The number of anilines is 1. The lowest BCUT2D eigenvalue weighted by atomic mass is 10.1. The number of pyridine rings is 1. The van der Waals surface area contributed by atoms with E-state index in [1.165, 1.54) is 5.39 Å². The number of hydrogen-bond donors (Lipinski definition) is 1. The molecular formula is C14H17ClN2. The number of alkyl halides is 1. The van der Waals surface area contributed by atoms with E-state index in [-0.39, 0.29) is 0 Å². The molecule has 2 rings (SSSR count). The van der Waals surface area contributed by atoms with Gasteiger partial charge < -0.3 is 5.32 Å². The third kappa shape index (κ3) is 2.89. The van der Waals surface area contributed by atoms with E-state index in [1.54, 1.807) is 0 Å². The van der Waals surface area contributed by atoms with Crippen LogP contribution in [0.25, 0.3) is 10.9 Å². The summed E-state index contributed by atoms with van der Waals surface area (Å²) in [4.78, 5) is 4.52. The summed E-state index contributed by atoms with van der Waals surface area (Å²) in [6, 6.07) is 10.3. The van der Waals surface area contributed by atoms with Gasteiger partial charge in [0.15, 0.2) is 0 Å². The zero-order valence-electron chi connectivity index (χ0n) is 10.2. The third-order valence-electron chi connectivity index (χ3n) is 2.75. The van der Waals surface area contributed by atoms with Gasteiger partial charge in [-0.2, -0.15) is 0 Å². The van der Waals surface area contributed by atoms with Crippen molar-refractivity contribution in [2.24, 2.45) is 5.92 Å². The van der Waals surface area contributed by atoms with Crippen LogP contribution in [0.4, 0.5) is 5.69 Å². The number of nitrogens with zero attached hydrogens (tertiary/aromatic N) is 1. The lowest BCUT2D eigenvalue weighted by Crippen LogP contribution is -2.12. The minimum absolute atomic E-state index is 0.462. The fourth-order valence-corrected chi connectivity index (χ4v) is 1.90. The number of hydrogen-bond acceptors (Lipinski definition) is 2. The summed E-state index contributed by atoms with van der Waals surface area (Å²) >= 11 is 5.82. The molecule has 0 radical (unpaired) electrons. The second-order valence-corrected chi connectivity index (χ2v) is 4.78. The van der Waals surface area contributed by atoms with Gasteiger partial charge in [0.05, 0.1) is 5.52 Å². The lowest BCUT2D eigenvalue weighted by molar-refractivity contribution is 0.697. The number of benzene rings is 1. The van der Waals surface area contributed by atoms with Gasteiger partial charge in [0.25, 0.3) is 0 Å². The molecule has 0 aliphatic rings. The summed E-state index contributed by atoms with van der Waals surface area (Å²) in [5, 5.41) is 4.62. The molecule has 0 fully saturated rings. The summed E-state index contributed by atoms with van der Waals surface area (Å²) in [5.41, 5.74) is 3.21. The van der Waals surface area contributed by atoms with Crippen molar-refractivity contribution in [2.45, 2.75) is 13.8 Å². The van der Waals surface area contributed by atoms with Crippen molar-refractivity contribution < 1.29 is 0 Å². The highest BCUT2D eigenvalue weighted by Crippen LogP contribution is 2.23. The van der Waals surface area contributed by atoms with E-state index in [1.807, 2.05) is 25.1 Å². The number of para-hydroxylation sites is 1. The fourth-order valence-electron chi connectivity index (χ4n) is 1.79. The lowest BCUT2D eigenvalue weighted by Gasteiger charge is -2.13. The number of fused-ring (bicyclic) bond motifs is 1. The van der Waals surface area contributed by atoms with Gasteiger partial charge in [-0.1, -0.05) is 25.1 Å². The standard InChI is InChI=1S/C14H17ClN2/c1-10(8-15)9-16-14-7-11(2)17-13-6-4-3-5-12(13)14/h3-7,10H,8-9H2,1-2H3,(H,16,17). The van der Waals surface area contributed by atoms with Crippen LogP contribution in [0.15, 0.2) is 30.3 Å². The Balaban J connectivity index is 2.32. The molecule has 2 nitrogen and oxygen atoms in total. The number of aromatic nitrogens is 1. The highest BCUT2D eigenvalue weighted by Gasteiger charge is 2.05. The summed E-state index contributed by atoms with van der Waals surface area (Å²) < 4.78 is 0. The van der Waals surface area contributed by atoms with Crippen molar-refractivity contribution >= 4 is 28.2 Å². The number of halogens is 1. The molecule has 3 heteroatoms. The average Bonchev–Trinajstić information content (AvgIpc) is 2.35. The minimum atomic E-state index is 0.462. The summed E-state index contributed by atoms with van der Waals surface area (Å²) in [6.45, 7) is 5.04. The van der Waals surface area contributed by atoms with Crippen molar-refractivity contribution in [1.82, 2.24) is 4.98 Å². The summed E-state index contributed by atoms with van der Waals surface area (Å²) in [6.07, 6.45) is 0. The predicted molar refractivity (Wildman–Crippen MR) is 74.9 cm³/mol. The van der Waals surface area contributed by atoms with Gasteiger partial charge >= 0.3 is 0 Å². The highest BCUT2D eigenvalue weighted by molar-refractivity contribution is 6.18. The maximum Gasteiger partial charge on any atom is 0.0725 e. The molecular weight excluding hydrogens is 232 g/mol. The fraction of sp³-hybridized carbons (Fsp3) is 0.357. The molecule has 2 aromatic rings. The quantitative estimate of drug-likeness (QED) is 0.832. The first-order chi connectivity index (χ1) is 8.20. The van der Waals surface area contributed by atoms with E-state index < -0.39 is 0 Å². The van der Waals surface area contributed by atoms with E-state index in [0.29, 0.717) is 11.8 Å². The summed E-state index contributed by atoms with van der Waals surface area (Å²) in [5.74, 6) is 1.14. The normalized spacial score (nSPS) is 12.6. The Morgan fingerprint density at radius 3 is 2.88 bits per heavy atom. The maximum atomic E-state index is 5.82. The van der Waals surface area contributed by atoms with Crippen LogP contribution >= 0.6 is 11.6 Å². The molecule has 1 N–H and O–H groups in total. The molecule has 0 bridgehead atoms. The molecule has 1 atom stereocenters. The topological polar surface area (TPSA) is 24.9 Å². The minimum Gasteiger partial charge on any atom is -0.384 e. The molecule has 1 unspecified atom stereocenters. The Kier molecular flexibility index (Phi) is 3.85. The van der Waals surface area contributed by atoms with Crippen LogP contribution in [0.2, 0.25) is 0 Å². The second-order valence-electron chi connectivity index (χ2n) is 4.47. The van der Waals surface area contributed by atoms with E-state index in [9.17, 15) is 0 Å². The first-order valence-electron chi connectivity index (χ1n) is 5.87. The maximum absolute atomic E-state index is 5.82.